The van der Waals surface area contributed by atoms with Gasteiger partial charge in [-0.05, 0) is 55.5 Å². The van der Waals surface area contributed by atoms with E-state index < -0.39 is 19.3 Å². The topological polar surface area (TPSA) is 192 Å². The molecule has 2 fully saturated rings. The largest absolute Gasteiger partial charge is 0.453 e. The van der Waals surface area contributed by atoms with Gasteiger partial charge in [-0.2, -0.15) is 11.8 Å². The van der Waals surface area contributed by atoms with Crippen molar-refractivity contribution in [2.45, 2.75) is 80.9 Å². The van der Waals surface area contributed by atoms with Gasteiger partial charge < -0.3 is 49.8 Å². The minimum atomic E-state index is -4.08. The number of unbranched alkanes of at least 4 members (excludes halogenated alkanes) is 1. The molecule has 2 heterocycles. The van der Waals surface area contributed by atoms with Crippen molar-refractivity contribution in [3.05, 3.63) is 96.6 Å². The van der Waals surface area contributed by atoms with Crippen LogP contribution in [0, 0.1) is 0 Å². The van der Waals surface area contributed by atoms with Gasteiger partial charge in [-0.3, -0.25) is 14.4 Å². The molecule has 2 aliphatic rings. The Morgan fingerprint density at radius 3 is 1.77 bits per heavy atom. The number of hydrogen-bond donors (Lipinski definition) is 5. The third kappa shape index (κ3) is 17.7. The molecule has 3 aromatic carbocycles. The molecular formula is C44H60N5O10PS. The molecular weight excluding hydrogens is 822 g/mol. The van der Waals surface area contributed by atoms with Crippen LogP contribution in [0.2, 0.25) is 0 Å². The van der Waals surface area contributed by atoms with E-state index in [1.54, 1.807) is 48.5 Å². The summed E-state index contributed by atoms with van der Waals surface area (Å²) < 4.78 is 43.4. The zero-order valence-corrected chi connectivity index (χ0v) is 36.3. The van der Waals surface area contributed by atoms with Crippen molar-refractivity contribution in [3.63, 3.8) is 0 Å². The minimum Gasteiger partial charge on any atom is -0.415 e. The Kier molecular flexibility index (Phi) is 20.7. The second-order valence-electron chi connectivity index (χ2n) is 14.7. The lowest BCUT2D eigenvalue weighted by molar-refractivity contribution is -0.126. The average Bonchev–Trinajstić information content (AvgIpc) is 3.82. The third-order valence-electron chi connectivity index (χ3n) is 9.91. The van der Waals surface area contributed by atoms with Crippen LogP contribution in [0.25, 0.3) is 0 Å². The van der Waals surface area contributed by atoms with Crippen molar-refractivity contribution in [1.29, 1.82) is 0 Å². The Bertz CT molecular complexity index is 1770. The molecule has 61 heavy (non-hydrogen) atoms. The molecule has 0 radical (unpaired) electrons. The van der Waals surface area contributed by atoms with Gasteiger partial charge in [0.05, 0.1) is 38.5 Å². The first-order valence-corrected chi connectivity index (χ1v) is 23.8. The minimum absolute atomic E-state index is 0.0536. The smallest absolute Gasteiger partial charge is 0.415 e. The summed E-state index contributed by atoms with van der Waals surface area (Å²) in [7, 11) is -4.08. The van der Waals surface area contributed by atoms with E-state index in [9.17, 15) is 23.7 Å². The zero-order valence-electron chi connectivity index (χ0n) is 34.6. The summed E-state index contributed by atoms with van der Waals surface area (Å²) in [4.78, 5) is 49.5. The molecule has 15 nitrogen and oxygen atoms in total. The van der Waals surface area contributed by atoms with Crippen molar-refractivity contribution in [3.8, 4) is 11.5 Å². The number of fused-ring (bicyclic) bond motifs is 1. The van der Waals surface area contributed by atoms with Crippen molar-refractivity contribution in [2.24, 2.45) is 0 Å². The van der Waals surface area contributed by atoms with Gasteiger partial charge in [0.25, 0.3) is 0 Å². The molecule has 2 aliphatic heterocycles. The summed E-state index contributed by atoms with van der Waals surface area (Å²) in [5.74, 6) is -0.130. The molecule has 332 valence electrons. The van der Waals surface area contributed by atoms with Crippen LogP contribution in [0.4, 0.5) is 4.79 Å². The van der Waals surface area contributed by atoms with E-state index in [-0.39, 0.29) is 49.2 Å². The van der Waals surface area contributed by atoms with Gasteiger partial charge in [-0.25, -0.2) is 9.36 Å². The molecule has 0 spiro atoms. The molecule has 17 heteroatoms. The maximum absolute atomic E-state index is 14.6. The highest BCUT2D eigenvalue weighted by Crippen LogP contribution is 2.53. The molecule has 4 atom stereocenters. The number of thioether (sulfide) groups is 1. The van der Waals surface area contributed by atoms with Crippen LogP contribution in [0.15, 0.2) is 91.0 Å². The van der Waals surface area contributed by atoms with E-state index >= 15 is 0 Å². The fourth-order valence-electron chi connectivity index (χ4n) is 6.76. The molecule has 5 N–H and O–H groups in total. The standard InChI is InChI=1S/C44H60N5O10PS/c50-39(21-11-10-20-38-43-37(33-61-38)47-44(53)49-43)45-24-12-26-55-28-30-57-31-29-56-27-13-25-46-40(51)22-23-41(52)48-42(32-34-14-4-1-5-15-34)60(54,58-35-16-6-2-7-17-35)59-36-18-8-3-9-19-36/h1-9,14-19,37-38,42-43H,10-13,20-33H2,(H,45,50)(H,46,51)(H,48,52)(H2,47,49,53)/t37-,38?,42?,43-/m0/s1. The summed E-state index contributed by atoms with van der Waals surface area (Å²) in [5.41, 5.74) is 0.823. The Hall–Kier alpha value is -4.60. The molecule has 0 aromatic heterocycles. The average molecular weight is 882 g/mol. The summed E-state index contributed by atoms with van der Waals surface area (Å²) in [5, 5.41) is 15.0. The number of carbonyl (C=O) groups is 4. The van der Waals surface area contributed by atoms with E-state index in [2.05, 4.69) is 26.6 Å². The summed E-state index contributed by atoms with van der Waals surface area (Å²) in [6.07, 6.45) is 4.61. The predicted octanol–water partition coefficient (Wildman–Crippen LogP) is 5.59. The number of rotatable bonds is 30. The van der Waals surface area contributed by atoms with Crippen LogP contribution >= 0.6 is 19.4 Å². The maximum Gasteiger partial charge on any atom is 0.453 e. The number of hydrogen-bond acceptors (Lipinski definition) is 11. The fourth-order valence-corrected chi connectivity index (χ4v) is 10.2. The van der Waals surface area contributed by atoms with Gasteiger partial charge in [0.15, 0.2) is 5.78 Å². The quantitative estimate of drug-likeness (QED) is 0.0319. The fraction of sp³-hybridized carbons (Fsp3) is 0.500. The highest BCUT2D eigenvalue weighted by atomic mass is 32.2. The number of amides is 5. The van der Waals surface area contributed by atoms with E-state index in [0.29, 0.717) is 82.3 Å². The molecule has 0 saturated carbocycles. The molecule has 0 aliphatic carbocycles. The summed E-state index contributed by atoms with van der Waals surface area (Å²) >= 11 is 1.89. The van der Waals surface area contributed by atoms with Crippen LogP contribution in [-0.2, 0) is 39.6 Å². The van der Waals surface area contributed by atoms with Crippen molar-refractivity contribution < 1.29 is 47.0 Å². The lowest BCUT2D eigenvalue weighted by Gasteiger charge is -2.28. The Balaban J connectivity index is 0.863. The number of carbonyl (C=O) groups excluding carboxylic acids is 4. The lowest BCUT2D eigenvalue weighted by Crippen LogP contribution is -2.39. The van der Waals surface area contributed by atoms with E-state index in [1.807, 2.05) is 54.2 Å². The van der Waals surface area contributed by atoms with Crippen LogP contribution in [-0.4, -0.2) is 105 Å². The number of benzene rings is 3. The monoisotopic (exact) mass is 881 g/mol. The maximum atomic E-state index is 14.6. The summed E-state index contributed by atoms with van der Waals surface area (Å²) in [6.45, 7) is 3.63. The lowest BCUT2D eigenvalue weighted by atomic mass is 10.0. The Morgan fingerprint density at radius 2 is 1.18 bits per heavy atom. The van der Waals surface area contributed by atoms with Gasteiger partial charge in [-0.1, -0.05) is 73.2 Å². The highest BCUT2D eigenvalue weighted by molar-refractivity contribution is 8.00. The predicted molar refractivity (Wildman–Crippen MR) is 235 cm³/mol. The highest BCUT2D eigenvalue weighted by Gasteiger charge is 2.43. The first kappa shape index (κ1) is 47.4. The van der Waals surface area contributed by atoms with Crippen molar-refractivity contribution in [1.82, 2.24) is 26.6 Å². The molecule has 5 rings (SSSR count). The summed E-state index contributed by atoms with van der Waals surface area (Å²) in [6, 6.07) is 27.0. The van der Waals surface area contributed by atoms with Crippen molar-refractivity contribution in [2.75, 3.05) is 58.5 Å². The van der Waals surface area contributed by atoms with Crippen LogP contribution in [0.5, 0.6) is 11.5 Å². The SMILES string of the molecule is O=C(CCCCC1SC[C@@H]2NC(=O)N[C@H]12)NCCCOCCOCCOCCCNC(=O)CCC(=O)NC(Cc1ccccc1)P(=O)(Oc1ccccc1)Oc1ccccc1. The first-order chi connectivity index (χ1) is 29.8. The van der Waals surface area contributed by atoms with Gasteiger partial charge in [-0.15, -0.1) is 0 Å². The van der Waals surface area contributed by atoms with Gasteiger partial charge in [0.1, 0.15) is 11.5 Å². The first-order valence-electron chi connectivity index (χ1n) is 21.1. The second kappa shape index (κ2) is 26.7. The Labute approximate surface area is 363 Å². The third-order valence-corrected chi connectivity index (χ3v) is 13.4. The van der Waals surface area contributed by atoms with Gasteiger partial charge in [0.2, 0.25) is 17.7 Å². The zero-order chi connectivity index (χ0) is 43.0. The van der Waals surface area contributed by atoms with Gasteiger partial charge in [0, 0.05) is 63.0 Å². The van der Waals surface area contributed by atoms with E-state index in [1.165, 1.54) is 0 Å². The van der Waals surface area contributed by atoms with Crippen LogP contribution in [0.1, 0.15) is 56.9 Å². The number of nitrogens with one attached hydrogen (secondary N) is 5. The second-order valence-corrected chi connectivity index (χ2v) is 18.1. The van der Waals surface area contributed by atoms with Gasteiger partial charge >= 0.3 is 13.6 Å². The Morgan fingerprint density at radius 1 is 0.656 bits per heavy atom. The van der Waals surface area contributed by atoms with E-state index in [4.69, 9.17) is 23.3 Å². The van der Waals surface area contributed by atoms with Crippen LogP contribution in [0.3, 0.4) is 0 Å². The van der Waals surface area contributed by atoms with E-state index in [0.717, 1.165) is 37.0 Å². The van der Waals surface area contributed by atoms with Crippen molar-refractivity contribution >= 4 is 43.1 Å². The number of ether oxygens (including phenoxy) is 3. The normalized spacial score (nSPS) is 17.4. The molecule has 2 saturated heterocycles. The molecule has 2 unspecified atom stereocenters. The van der Waals surface area contributed by atoms with Crippen LogP contribution < -0.4 is 35.6 Å². The molecule has 0 bridgehead atoms. The number of para-hydroxylation sites is 2. The molecule has 3 aromatic rings. The number of urea groups is 1. The molecule has 5 amide bonds.